The first-order chi connectivity index (χ1) is 9.54. The number of nitrogens with zero attached hydrogens (tertiary/aromatic N) is 3. The van der Waals surface area contributed by atoms with Crippen LogP contribution in [-0.4, -0.2) is 47.7 Å². The van der Waals surface area contributed by atoms with E-state index < -0.39 is 0 Å². The SMILES string of the molecule is CN(C)c1ccc2nc3ccc(=[N+](C)C)cc-3[se]c2c1. The number of fused-ring (bicyclic) bond motifs is 2. The molecule has 0 fully saturated rings. The number of rotatable bonds is 1. The Morgan fingerprint density at radius 1 is 1.05 bits per heavy atom. The summed E-state index contributed by atoms with van der Waals surface area (Å²) in [5, 5.41) is 1.24. The van der Waals surface area contributed by atoms with Crippen LogP contribution in [0, 0.1) is 0 Å². The Labute approximate surface area is 124 Å². The molecule has 0 amide bonds. The van der Waals surface area contributed by atoms with Crippen LogP contribution in [0.3, 0.4) is 0 Å². The first-order valence-electron chi connectivity index (χ1n) is 6.57. The number of hydrogen-bond donors (Lipinski definition) is 0. The molecule has 0 bridgehead atoms. The van der Waals surface area contributed by atoms with Gasteiger partial charge in [0.25, 0.3) is 0 Å². The van der Waals surface area contributed by atoms with Crippen LogP contribution in [0.15, 0.2) is 36.4 Å². The fourth-order valence-electron chi connectivity index (χ4n) is 2.16. The summed E-state index contributed by atoms with van der Waals surface area (Å²) in [4.78, 5) is 6.93. The molecule has 102 valence electrons. The Bertz CT molecular complexity index is 813. The molecule has 2 aliphatic rings. The maximum absolute atomic E-state index is 4.79. The molecule has 0 N–H and O–H groups in total. The molecule has 1 heterocycles. The number of anilines is 1. The third-order valence-corrected chi connectivity index (χ3v) is 5.68. The molecule has 0 radical (unpaired) electrons. The molecule has 3 rings (SSSR count). The van der Waals surface area contributed by atoms with Crippen molar-refractivity contribution in [2.75, 3.05) is 33.1 Å². The van der Waals surface area contributed by atoms with Gasteiger partial charge in [0.2, 0.25) is 0 Å². The van der Waals surface area contributed by atoms with Crippen molar-refractivity contribution in [3.8, 4) is 10.1 Å². The molecule has 0 spiro atoms. The van der Waals surface area contributed by atoms with Gasteiger partial charge in [-0.3, -0.25) is 0 Å². The molecule has 20 heavy (non-hydrogen) atoms. The topological polar surface area (TPSA) is 19.1 Å². The van der Waals surface area contributed by atoms with Crippen molar-refractivity contribution in [3.05, 3.63) is 41.8 Å². The summed E-state index contributed by atoms with van der Waals surface area (Å²) in [7, 11) is 8.30. The van der Waals surface area contributed by atoms with Gasteiger partial charge in [-0.15, -0.1) is 0 Å². The van der Waals surface area contributed by atoms with E-state index in [0.717, 1.165) is 11.2 Å². The first-order valence-corrected chi connectivity index (χ1v) is 8.28. The normalized spacial score (nSPS) is 11.0. The average molecular weight is 331 g/mol. The summed E-state index contributed by atoms with van der Waals surface area (Å²) in [6.45, 7) is 0. The van der Waals surface area contributed by atoms with Crippen LogP contribution in [0.2, 0.25) is 0 Å². The molecule has 1 aliphatic heterocycles. The third kappa shape index (κ3) is 2.37. The Morgan fingerprint density at radius 2 is 1.85 bits per heavy atom. The Morgan fingerprint density at radius 3 is 2.55 bits per heavy atom. The molecule has 3 nitrogen and oxygen atoms in total. The van der Waals surface area contributed by atoms with Crippen molar-refractivity contribution in [2.24, 2.45) is 0 Å². The summed E-state index contributed by atoms with van der Waals surface area (Å²) in [5.41, 5.74) is 3.49. The molecule has 0 saturated carbocycles. The van der Waals surface area contributed by atoms with Crippen LogP contribution in [0.25, 0.3) is 19.9 Å². The minimum atomic E-state index is 0.324. The summed E-state index contributed by atoms with van der Waals surface area (Å²) < 4.78 is 4.88. The second-order valence-electron chi connectivity index (χ2n) is 5.31. The molecule has 0 aromatic heterocycles. The van der Waals surface area contributed by atoms with Crippen LogP contribution in [0.1, 0.15) is 0 Å². The van der Waals surface area contributed by atoms with Crippen LogP contribution >= 0.6 is 0 Å². The van der Waals surface area contributed by atoms with Crippen molar-refractivity contribution in [3.63, 3.8) is 0 Å². The predicted molar refractivity (Wildman–Crippen MR) is 86.7 cm³/mol. The number of benzene rings is 2. The number of aromatic nitrogens is 1. The van der Waals surface area contributed by atoms with Crippen molar-refractivity contribution in [1.29, 1.82) is 0 Å². The Balaban J connectivity index is 2.31. The minimum absolute atomic E-state index is 0.324. The second-order valence-corrected chi connectivity index (χ2v) is 7.58. The molecule has 0 unspecified atom stereocenters. The fraction of sp³-hybridized carbons (Fsp3) is 0.250. The van der Waals surface area contributed by atoms with Crippen molar-refractivity contribution < 1.29 is 0 Å². The van der Waals surface area contributed by atoms with E-state index in [1.165, 1.54) is 19.7 Å². The van der Waals surface area contributed by atoms with Gasteiger partial charge in [-0.05, 0) is 0 Å². The first kappa shape index (κ1) is 13.3. The van der Waals surface area contributed by atoms with Crippen molar-refractivity contribution in [1.82, 2.24) is 9.56 Å². The Hall–Kier alpha value is -1.64. The summed E-state index contributed by atoms with van der Waals surface area (Å²) in [6, 6.07) is 13.1. The van der Waals surface area contributed by atoms with Gasteiger partial charge in [0.15, 0.2) is 0 Å². The molecule has 0 saturated heterocycles. The molecule has 1 aliphatic carbocycles. The quantitative estimate of drug-likeness (QED) is 0.382. The molecule has 1 aromatic rings. The van der Waals surface area contributed by atoms with Gasteiger partial charge in [0.05, 0.1) is 0 Å². The van der Waals surface area contributed by atoms with Gasteiger partial charge in [-0.1, -0.05) is 0 Å². The zero-order valence-electron chi connectivity index (χ0n) is 12.2. The van der Waals surface area contributed by atoms with E-state index in [2.05, 4.69) is 74.1 Å². The van der Waals surface area contributed by atoms with E-state index in [9.17, 15) is 0 Å². The van der Waals surface area contributed by atoms with Crippen LogP contribution in [0.4, 0.5) is 5.69 Å². The molecule has 0 atom stereocenters. The summed E-state index contributed by atoms with van der Waals surface area (Å²) in [5.74, 6) is 0. The second kappa shape index (κ2) is 5.04. The van der Waals surface area contributed by atoms with Gasteiger partial charge >= 0.3 is 125 Å². The van der Waals surface area contributed by atoms with Crippen LogP contribution in [0.5, 0.6) is 0 Å². The van der Waals surface area contributed by atoms with Gasteiger partial charge < -0.3 is 0 Å². The maximum atomic E-state index is 4.79. The third-order valence-electron chi connectivity index (χ3n) is 3.38. The zero-order chi connectivity index (χ0) is 14.3. The zero-order valence-corrected chi connectivity index (χ0v) is 13.9. The van der Waals surface area contributed by atoms with Gasteiger partial charge in [-0.25, -0.2) is 0 Å². The van der Waals surface area contributed by atoms with E-state index in [1.807, 2.05) is 0 Å². The van der Waals surface area contributed by atoms with E-state index in [4.69, 9.17) is 4.98 Å². The van der Waals surface area contributed by atoms with Gasteiger partial charge in [0.1, 0.15) is 0 Å². The summed E-state index contributed by atoms with van der Waals surface area (Å²) >= 11 is 0.324. The van der Waals surface area contributed by atoms with Crippen LogP contribution in [-0.2, 0) is 0 Å². The molecular formula is C16H18N3Se+. The van der Waals surface area contributed by atoms with Crippen molar-refractivity contribution in [2.45, 2.75) is 0 Å². The Kier molecular flexibility index (Phi) is 3.36. The van der Waals surface area contributed by atoms with Crippen LogP contribution < -0.4 is 14.8 Å². The van der Waals surface area contributed by atoms with E-state index in [-0.39, 0.29) is 0 Å². The van der Waals surface area contributed by atoms with Crippen molar-refractivity contribution >= 4 is 30.0 Å². The van der Waals surface area contributed by atoms with E-state index in [1.54, 1.807) is 0 Å². The monoisotopic (exact) mass is 332 g/mol. The predicted octanol–water partition coefficient (Wildman–Crippen LogP) is 1.49. The number of hydrogen-bond acceptors (Lipinski definition) is 2. The standard InChI is InChI=1S/C16H18N3Se/c1-18(2)11-5-7-13-15(9-11)20-16-10-12(19(3)4)6-8-14(16)17-13/h5-10H,1-4H3/q+1. The van der Waals surface area contributed by atoms with E-state index >= 15 is 0 Å². The van der Waals surface area contributed by atoms with E-state index in [0.29, 0.717) is 14.5 Å². The molecular weight excluding hydrogens is 313 g/mol. The molecule has 1 aromatic carbocycles. The summed E-state index contributed by atoms with van der Waals surface area (Å²) in [6.07, 6.45) is 0. The fourth-order valence-corrected chi connectivity index (χ4v) is 4.33. The molecule has 4 heteroatoms. The average Bonchev–Trinajstić information content (AvgIpc) is 2.43. The van der Waals surface area contributed by atoms with Gasteiger partial charge in [0, 0.05) is 0 Å². The van der Waals surface area contributed by atoms with Gasteiger partial charge in [-0.2, -0.15) is 0 Å².